The largest absolute Gasteiger partial charge is 0.493 e. The van der Waals surface area contributed by atoms with Gasteiger partial charge in [0.1, 0.15) is 0 Å². The summed E-state index contributed by atoms with van der Waals surface area (Å²) in [5.74, 6) is 2.03. The van der Waals surface area contributed by atoms with E-state index in [1.807, 2.05) is 0 Å². The van der Waals surface area contributed by atoms with Gasteiger partial charge in [-0.05, 0) is 12.3 Å². The van der Waals surface area contributed by atoms with Gasteiger partial charge in [0.05, 0.1) is 21.3 Å². The van der Waals surface area contributed by atoms with E-state index in [0.717, 1.165) is 6.42 Å². The minimum Gasteiger partial charge on any atom is -0.493 e. The molecule has 0 aliphatic rings. The van der Waals surface area contributed by atoms with Crippen molar-refractivity contribution in [1.82, 2.24) is 0 Å². The number of rotatable bonds is 7. The first-order chi connectivity index (χ1) is 9.51. The summed E-state index contributed by atoms with van der Waals surface area (Å²) in [4.78, 5) is 11.8. The van der Waals surface area contributed by atoms with Gasteiger partial charge in [-0.25, -0.2) is 0 Å². The Labute approximate surface area is 120 Å². The summed E-state index contributed by atoms with van der Waals surface area (Å²) in [7, 11) is 4.63. The molecule has 112 valence electrons. The highest BCUT2D eigenvalue weighted by Gasteiger charge is 2.14. The molecule has 0 aliphatic carbocycles. The molecule has 0 radical (unpaired) electrons. The summed E-state index contributed by atoms with van der Waals surface area (Å²) in [5.41, 5.74) is 0.633. The van der Waals surface area contributed by atoms with Gasteiger partial charge in [-0.3, -0.25) is 4.79 Å². The van der Waals surface area contributed by atoms with Crippen molar-refractivity contribution in [3.05, 3.63) is 12.1 Å². The molecule has 1 amide bonds. The lowest BCUT2D eigenvalue weighted by Gasteiger charge is -2.14. The summed E-state index contributed by atoms with van der Waals surface area (Å²) in [6, 6.07) is 3.43. The predicted molar refractivity (Wildman–Crippen MR) is 78.8 cm³/mol. The summed E-state index contributed by atoms with van der Waals surface area (Å²) < 4.78 is 15.7. The normalized spacial score (nSPS) is 10.3. The highest BCUT2D eigenvalue weighted by atomic mass is 16.5. The van der Waals surface area contributed by atoms with Crippen LogP contribution in [0, 0.1) is 5.92 Å². The molecular formula is C15H23NO4. The Morgan fingerprint density at radius 1 is 1.10 bits per heavy atom. The Morgan fingerprint density at radius 2 is 1.65 bits per heavy atom. The lowest BCUT2D eigenvalue weighted by Crippen LogP contribution is -2.12. The molecule has 0 fully saturated rings. The Hall–Kier alpha value is -1.91. The van der Waals surface area contributed by atoms with Crippen LogP contribution in [0.15, 0.2) is 12.1 Å². The van der Waals surface area contributed by atoms with E-state index in [4.69, 9.17) is 14.2 Å². The molecule has 1 aromatic carbocycles. The maximum Gasteiger partial charge on any atom is 0.224 e. The van der Waals surface area contributed by atoms with Gasteiger partial charge in [-0.1, -0.05) is 13.8 Å². The summed E-state index contributed by atoms with van der Waals surface area (Å²) >= 11 is 0. The zero-order valence-electron chi connectivity index (χ0n) is 12.8. The molecule has 0 heterocycles. The van der Waals surface area contributed by atoms with E-state index in [1.54, 1.807) is 33.5 Å². The van der Waals surface area contributed by atoms with E-state index in [2.05, 4.69) is 19.2 Å². The van der Waals surface area contributed by atoms with Crippen LogP contribution in [0.4, 0.5) is 5.69 Å². The van der Waals surface area contributed by atoms with Gasteiger partial charge in [-0.15, -0.1) is 0 Å². The fraction of sp³-hybridized carbons (Fsp3) is 0.533. The molecule has 0 saturated heterocycles. The third kappa shape index (κ3) is 4.33. The van der Waals surface area contributed by atoms with Gasteiger partial charge < -0.3 is 19.5 Å². The van der Waals surface area contributed by atoms with Gasteiger partial charge in [0.2, 0.25) is 11.7 Å². The Balaban J connectivity index is 2.88. The number of carbonyl (C=O) groups excluding carboxylic acids is 1. The maximum atomic E-state index is 11.8. The Morgan fingerprint density at radius 3 is 2.05 bits per heavy atom. The number of ether oxygens (including phenoxy) is 3. The number of benzene rings is 1. The third-order valence-corrected chi connectivity index (χ3v) is 2.90. The highest BCUT2D eigenvalue weighted by molar-refractivity contribution is 5.91. The van der Waals surface area contributed by atoms with Crippen molar-refractivity contribution in [2.75, 3.05) is 26.6 Å². The van der Waals surface area contributed by atoms with Gasteiger partial charge in [0, 0.05) is 24.2 Å². The minimum atomic E-state index is -0.0204. The van der Waals surface area contributed by atoms with Crippen molar-refractivity contribution in [1.29, 1.82) is 0 Å². The molecule has 1 rings (SSSR count). The number of nitrogens with one attached hydrogen (secondary N) is 1. The monoisotopic (exact) mass is 281 g/mol. The number of hydrogen-bond donors (Lipinski definition) is 1. The van der Waals surface area contributed by atoms with E-state index in [0.29, 0.717) is 35.3 Å². The second kappa shape index (κ2) is 7.62. The predicted octanol–water partition coefficient (Wildman–Crippen LogP) is 3.09. The van der Waals surface area contributed by atoms with Crippen molar-refractivity contribution >= 4 is 11.6 Å². The van der Waals surface area contributed by atoms with Crippen molar-refractivity contribution in [3.8, 4) is 17.2 Å². The molecular weight excluding hydrogens is 258 g/mol. The first-order valence-corrected chi connectivity index (χ1v) is 6.61. The minimum absolute atomic E-state index is 0.0204. The van der Waals surface area contributed by atoms with E-state index in [9.17, 15) is 4.79 Å². The van der Waals surface area contributed by atoms with Crippen LogP contribution < -0.4 is 19.5 Å². The molecule has 0 aromatic heterocycles. The van der Waals surface area contributed by atoms with Crippen molar-refractivity contribution in [3.63, 3.8) is 0 Å². The number of methoxy groups -OCH3 is 3. The summed E-state index contributed by atoms with van der Waals surface area (Å²) in [6.45, 7) is 4.18. The summed E-state index contributed by atoms with van der Waals surface area (Å²) in [6.07, 6.45) is 1.35. The standard InChI is InChI=1S/C15H23NO4/c1-10(2)6-7-14(17)16-11-8-12(18-3)15(20-5)13(9-11)19-4/h8-10H,6-7H2,1-5H3,(H,16,17). The third-order valence-electron chi connectivity index (χ3n) is 2.90. The van der Waals surface area contributed by atoms with Crippen molar-refractivity contribution in [2.24, 2.45) is 5.92 Å². The van der Waals surface area contributed by atoms with Crippen LogP contribution in [-0.4, -0.2) is 27.2 Å². The molecule has 20 heavy (non-hydrogen) atoms. The van der Waals surface area contributed by atoms with Gasteiger partial charge in [0.25, 0.3) is 0 Å². The molecule has 5 nitrogen and oxygen atoms in total. The fourth-order valence-electron chi connectivity index (χ4n) is 1.80. The van der Waals surface area contributed by atoms with Crippen LogP contribution in [0.25, 0.3) is 0 Å². The fourth-order valence-corrected chi connectivity index (χ4v) is 1.80. The first-order valence-electron chi connectivity index (χ1n) is 6.61. The van der Waals surface area contributed by atoms with Gasteiger partial charge in [-0.2, -0.15) is 0 Å². The zero-order valence-corrected chi connectivity index (χ0v) is 12.8. The zero-order chi connectivity index (χ0) is 15.1. The summed E-state index contributed by atoms with van der Waals surface area (Å²) in [5, 5.41) is 2.84. The molecule has 0 unspecified atom stereocenters. The van der Waals surface area contributed by atoms with Gasteiger partial charge in [0.15, 0.2) is 11.5 Å². The molecule has 5 heteroatoms. The number of carbonyl (C=O) groups is 1. The SMILES string of the molecule is COc1cc(NC(=O)CCC(C)C)cc(OC)c1OC. The van der Waals surface area contributed by atoms with Crippen LogP contribution in [0.5, 0.6) is 17.2 Å². The smallest absolute Gasteiger partial charge is 0.224 e. The quantitative estimate of drug-likeness (QED) is 0.834. The molecule has 0 saturated carbocycles. The topological polar surface area (TPSA) is 56.8 Å². The van der Waals surface area contributed by atoms with Crippen LogP contribution >= 0.6 is 0 Å². The first kappa shape index (κ1) is 16.1. The average molecular weight is 281 g/mol. The number of amides is 1. The van der Waals surface area contributed by atoms with Gasteiger partial charge >= 0.3 is 0 Å². The van der Waals surface area contributed by atoms with Crippen LogP contribution in [0.2, 0.25) is 0 Å². The number of hydrogen-bond acceptors (Lipinski definition) is 4. The maximum absolute atomic E-state index is 11.8. The van der Waals surface area contributed by atoms with E-state index in [-0.39, 0.29) is 5.91 Å². The highest BCUT2D eigenvalue weighted by Crippen LogP contribution is 2.39. The van der Waals surface area contributed by atoms with Crippen molar-refractivity contribution in [2.45, 2.75) is 26.7 Å². The van der Waals surface area contributed by atoms with Crippen LogP contribution in [0.1, 0.15) is 26.7 Å². The second-order valence-electron chi connectivity index (χ2n) is 4.89. The van der Waals surface area contributed by atoms with Crippen LogP contribution in [0.3, 0.4) is 0 Å². The lowest BCUT2D eigenvalue weighted by molar-refractivity contribution is -0.116. The molecule has 0 aliphatic heterocycles. The van der Waals surface area contributed by atoms with Crippen LogP contribution in [-0.2, 0) is 4.79 Å². The van der Waals surface area contributed by atoms with E-state index >= 15 is 0 Å². The Kier molecular flexibility index (Phi) is 6.15. The van der Waals surface area contributed by atoms with Crippen molar-refractivity contribution < 1.29 is 19.0 Å². The lowest BCUT2D eigenvalue weighted by atomic mass is 10.1. The van der Waals surface area contributed by atoms with E-state index in [1.165, 1.54) is 0 Å². The average Bonchev–Trinajstić information content (AvgIpc) is 2.43. The van der Waals surface area contributed by atoms with E-state index < -0.39 is 0 Å². The molecule has 0 spiro atoms. The number of anilines is 1. The second-order valence-corrected chi connectivity index (χ2v) is 4.89. The molecule has 0 bridgehead atoms. The molecule has 0 atom stereocenters. The molecule has 1 aromatic rings. The molecule has 1 N–H and O–H groups in total. The Bertz CT molecular complexity index is 432.